The molecular weight excluding hydrogens is 478 g/mol. The summed E-state index contributed by atoms with van der Waals surface area (Å²) >= 11 is 0. The third-order valence-electron chi connectivity index (χ3n) is 7.26. The van der Waals surface area contributed by atoms with Crippen molar-refractivity contribution in [1.82, 2.24) is 26.1 Å². The van der Waals surface area contributed by atoms with Crippen molar-refractivity contribution in [3.05, 3.63) is 89.5 Å². The van der Waals surface area contributed by atoms with Crippen molar-refractivity contribution in [2.45, 2.75) is 18.9 Å². The lowest BCUT2D eigenvalue weighted by molar-refractivity contribution is 0.0709. The summed E-state index contributed by atoms with van der Waals surface area (Å²) < 4.78 is 6.05. The summed E-state index contributed by atoms with van der Waals surface area (Å²) in [6, 6.07) is 23.5. The molecule has 6 rings (SSSR count). The van der Waals surface area contributed by atoms with E-state index in [-0.39, 0.29) is 17.9 Å². The van der Waals surface area contributed by atoms with E-state index in [9.17, 15) is 9.59 Å². The summed E-state index contributed by atoms with van der Waals surface area (Å²) in [6.07, 6.45) is 1.61. The van der Waals surface area contributed by atoms with Gasteiger partial charge in [0.2, 0.25) is 0 Å². The van der Waals surface area contributed by atoms with Gasteiger partial charge in [-0.25, -0.2) is 5.01 Å². The zero-order chi connectivity index (χ0) is 25.9. The van der Waals surface area contributed by atoms with Crippen LogP contribution in [0.2, 0.25) is 0 Å². The molecule has 4 aromatic rings. The van der Waals surface area contributed by atoms with Gasteiger partial charge in [-0.05, 0) is 72.5 Å². The Morgan fingerprint density at radius 2 is 1.84 bits per heavy atom. The number of carbonyl (C=O) groups is 2. The van der Waals surface area contributed by atoms with Gasteiger partial charge in [-0.1, -0.05) is 24.3 Å². The van der Waals surface area contributed by atoms with E-state index in [1.165, 1.54) is 5.56 Å². The molecule has 0 bridgehead atoms. The number of hydrogen-bond acceptors (Lipinski definition) is 5. The second-order valence-corrected chi connectivity index (χ2v) is 9.78. The van der Waals surface area contributed by atoms with Gasteiger partial charge < -0.3 is 20.4 Å². The molecule has 0 aliphatic carbocycles. The molecule has 8 heteroatoms. The third kappa shape index (κ3) is 5.01. The molecule has 1 unspecified atom stereocenters. The number of aromatic amines is 1. The fraction of sp³-hybridized carbons (Fsp3) is 0.267. The van der Waals surface area contributed by atoms with Crippen LogP contribution in [0, 0.1) is 0 Å². The number of rotatable bonds is 7. The van der Waals surface area contributed by atoms with E-state index in [0.29, 0.717) is 18.7 Å². The smallest absolute Gasteiger partial charge is 0.265 e. The second kappa shape index (κ2) is 10.7. The van der Waals surface area contributed by atoms with E-state index in [0.717, 1.165) is 65.9 Å². The van der Waals surface area contributed by atoms with Crippen LogP contribution in [0.5, 0.6) is 5.75 Å². The average Bonchev–Trinajstić information content (AvgIpc) is 3.23. The van der Waals surface area contributed by atoms with Crippen molar-refractivity contribution in [2.24, 2.45) is 0 Å². The average molecular weight is 510 g/mol. The zero-order valence-electron chi connectivity index (χ0n) is 21.1. The number of aromatic nitrogens is 1. The van der Waals surface area contributed by atoms with E-state index >= 15 is 0 Å². The maximum atomic E-state index is 12.5. The van der Waals surface area contributed by atoms with Gasteiger partial charge in [-0.15, -0.1) is 0 Å². The Balaban J connectivity index is 1.05. The molecule has 0 radical (unpaired) electrons. The summed E-state index contributed by atoms with van der Waals surface area (Å²) in [4.78, 5) is 28.5. The number of hydrazine groups is 1. The molecular formula is C30H31N5O3. The number of benzene rings is 3. The predicted molar refractivity (Wildman–Crippen MR) is 147 cm³/mol. The van der Waals surface area contributed by atoms with E-state index in [1.807, 2.05) is 65.7 Å². The number of nitrogens with one attached hydrogen (secondary N) is 4. The van der Waals surface area contributed by atoms with Crippen LogP contribution in [0.25, 0.3) is 22.2 Å². The molecule has 1 saturated heterocycles. The molecule has 38 heavy (non-hydrogen) atoms. The fourth-order valence-corrected chi connectivity index (χ4v) is 5.35. The Hall–Kier alpha value is -4.14. The van der Waals surface area contributed by atoms with Crippen LogP contribution < -0.4 is 20.8 Å². The molecule has 4 N–H and O–H groups in total. The number of amides is 2. The quantitative estimate of drug-likeness (QED) is 0.306. The number of piperazine rings is 1. The molecule has 3 heterocycles. The highest BCUT2D eigenvalue weighted by atomic mass is 16.5. The molecule has 1 atom stereocenters. The minimum Gasteiger partial charge on any atom is -0.494 e. The summed E-state index contributed by atoms with van der Waals surface area (Å²) in [6.45, 7) is 3.50. The highest BCUT2D eigenvalue weighted by Gasteiger charge is 2.23. The first-order valence-corrected chi connectivity index (χ1v) is 13.1. The SMILES string of the molecule is O=C(NN1CCNC(CCOc2ccc(-c3[nH]c4cccc5c4c3CCNC5=O)cc2)C1)c1ccccc1. The van der Waals surface area contributed by atoms with Crippen LogP contribution in [-0.4, -0.2) is 60.6 Å². The van der Waals surface area contributed by atoms with Crippen molar-refractivity contribution in [1.29, 1.82) is 0 Å². The molecule has 1 fully saturated rings. The minimum atomic E-state index is -0.0820. The van der Waals surface area contributed by atoms with Crippen LogP contribution in [0.15, 0.2) is 72.8 Å². The van der Waals surface area contributed by atoms with E-state index < -0.39 is 0 Å². The van der Waals surface area contributed by atoms with Gasteiger partial charge in [-0.3, -0.25) is 15.0 Å². The zero-order valence-corrected chi connectivity index (χ0v) is 21.1. The van der Waals surface area contributed by atoms with Gasteiger partial charge in [0.05, 0.1) is 6.61 Å². The Morgan fingerprint density at radius 1 is 1.00 bits per heavy atom. The van der Waals surface area contributed by atoms with Gasteiger partial charge in [0.25, 0.3) is 11.8 Å². The lowest BCUT2D eigenvalue weighted by atomic mass is 10.0. The number of nitrogens with zero attached hydrogens (tertiary/aromatic N) is 1. The van der Waals surface area contributed by atoms with Crippen molar-refractivity contribution < 1.29 is 14.3 Å². The van der Waals surface area contributed by atoms with Gasteiger partial charge in [-0.2, -0.15) is 0 Å². The van der Waals surface area contributed by atoms with Crippen molar-refractivity contribution in [3.63, 3.8) is 0 Å². The summed E-state index contributed by atoms with van der Waals surface area (Å²) in [5.41, 5.74) is 8.69. The standard InChI is InChI=1S/C30H31N5O3/c36-29(21-5-2-1-3-6-21)34-35-17-16-31-22(19-35)14-18-38-23-11-9-20(10-12-23)28-24-13-15-32-30(37)25-7-4-8-26(33-28)27(24)25/h1-12,22,31,33H,13-19H2,(H,32,37)(H,34,36). The highest BCUT2D eigenvalue weighted by Crippen LogP contribution is 2.34. The monoisotopic (exact) mass is 509 g/mol. The molecule has 2 aliphatic heterocycles. The van der Waals surface area contributed by atoms with Gasteiger partial charge in [0.15, 0.2) is 0 Å². The lowest BCUT2D eigenvalue weighted by Crippen LogP contribution is -2.57. The first kappa shape index (κ1) is 24.2. The molecule has 2 aliphatic rings. The Labute approximate surface area is 221 Å². The number of hydrogen-bond donors (Lipinski definition) is 4. The number of ether oxygens (including phenoxy) is 1. The first-order chi connectivity index (χ1) is 18.7. The number of carbonyl (C=O) groups excluding carboxylic acids is 2. The summed E-state index contributed by atoms with van der Waals surface area (Å²) in [5, 5.41) is 9.51. The normalized spacial score (nSPS) is 17.6. The van der Waals surface area contributed by atoms with Gasteiger partial charge in [0.1, 0.15) is 5.75 Å². The van der Waals surface area contributed by atoms with Gasteiger partial charge in [0, 0.05) is 59.9 Å². The molecule has 0 saturated carbocycles. The van der Waals surface area contributed by atoms with Crippen LogP contribution >= 0.6 is 0 Å². The molecule has 0 spiro atoms. The van der Waals surface area contributed by atoms with Crippen LogP contribution in [0.4, 0.5) is 0 Å². The Bertz CT molecular complexity index is 1450. The van der Waals surface area contributed by atoms with E-state index in [4.69, 9.17) is 4.74 Å². The van der Waals surface area contributed by atoms with Crippen LogP contribution in [0.1, 0.15) is 32.7 Å². The maximum Gasteiger partial charge on any atom is 0.265 e. The molecule has 194 valence electrons. The molecule has 8 nitrogen and oxygen atoms in total. The van der Waals surface area contributed by atoms with E-state index in [1.54, 1.807) is 0 Å². The largest absolute Gasteiger partial charge is 0.494 e. The van der Waals surface area contributed by atoms with Crippen molar-refractivity contribution in [2.75, 3.05) is 32.8 Å². The van der Waals surface area contributed by atoms with Crippen LogP contribution in [0.3, 0.4) is 0 Å². The lowest BCUT2D eigenvalue weighted by Gasteiger charge is -2.33. The number of H-pyrrole nitrogens is 1. The Morgan fingerprint density at radius 3 is 2.68 bits per heavy atom. The van der Waals surface area contributed by atoms with Crippen molar-refractivity contribution >= 4 is 22.7 Å². The maximum absolute atomic E-state index is 12.5. The fourth-order valence-electron chi connectivity index (χ4n) is 5.35. The first-order valence-electron chi connectivity index (χ1n) is 13.1. The predicted octanol–water partition coefficient (Wildman–Crippen LogP) is 3.51. The Kier molecular flexibility index (Phi) is 6.81. The highest BCUT2D eigenvalue weighted by molar-refractivity contribution is 6.10. The molecule has 3 aromatic carbocycles. The molecule has 2 amide bonds. The van der Waals surface area contributed by atoms with Crippen LogP contribution in [-0.2, 0) is 6.42 Å². The topological polar surface area (TPSA) is 98.5 Å². The van der Waals surface area contributed by atoms with Crippen molar-refractivity contribution in [3.8, 4) is 17.0 Å². The third-order valence-corrected chi connectivity index (χ3v) is 7.26. The summed E-state index contributed by atoms with van der Waals surface area (Å²) in [7, 11) is 0. The van der Waals surface area contributed by atoms with E-state index in [2.05, 4.69) is 33.2 Å². The second-order valence-electron chi connectivity index (χ2n) is 9.78. The van der Waals surface area contributed by atoms with Gasteiger partial charge >= 0.3 is 0 Å². The minimum absolute atomic E-state index is 0.0159. The summed E-state index contributed by atoms with van der Waals surface area (Å²) in [5.74, 6) is 0.720. The molecule has 1 aromatic heterocycles.